The Bertz CT molecular complexity index is 603. The van der Waals surface area contributed by atoms with Crippen LogP contribution in [0.1, 0.15) is 5.56 Å². The third-order valence-electron chi connectivity index (χ3n) is 3.09. The third-order valence-corrected chi connectivity index (χ3v) is 4.40. The van der Waals surface area contributed by atoms with Crippen molar-refractivity contribution in [2.45, 2.75) is 13.0 Å². The van der Waals surface area contributed by atoms with Crippen LogP contribution < -0.4 is 10.1 Å². The van der Waals surface area contributed by atoms with Gasteiger partial charge in [0, 0.05) is 20.1 Å². The number of ether oxygens (including phenoxy) is 1. The maximum Gasteiger partial charge on any atom is 0.252 e. The fourth-order valence-corrected chi connectivity index (χ4v) is 2.01. The van der Waals surface area contributed by atoms with Gasteiger partial charge in [-0.15, -0.1) is 0 Å². The van der Waals surface area contributed by atoms with E-state index in [2.05, 4.69) is 5.32 Å². The lowest BCUT2D eigenvalue weighted by atomic mass is 10.2. The molecule has 1 aromatic rings. The highest BCUT2D eigenvalue weighted by Crippen LogP contribution is 2.16. The molecule has 22 heavy (non-hydrogen) atoms. The monoisotopic (exact) mass is 330 g/mol. The van der Waals surface area contributed by atoms with Gasteiger partial charge in [0.05, 0.1) is 6.26 Å². The zero-order valence-corrected chi connectivity index (χ0v) is 13.8. The van der Waals surface area contributed by atoms with Crippen LogP contribution >= 0.6 is 0 Å². The molecule has 1 aromatic carbocycles. The highest BCUT2D eigenvalue weighted by molar-refractivity contribution is 7.88. The number of nitrogens with one attached hydrogen (secondary N) is 1. The Morgan fingerprint density at radius 1 is 1.41 bits per heavy atom. The molecule has 0 bridgehead atoms. The predicted molar refractivity (Wildman–Crippen MR) is 83.2 cm³/mol. The second-order valence-electron chi connectivity index (χ2n) is 4.97. The summed E-state index contributed by atoms with van der Waals surface area (Å²) in [5.74, 6) is 0.00152. The Balaban J connectivity index is 2.35. The highest BCUT2D eigenvalue weighted by atomic mass is 32.2. The summed E-state index contributed by atoms with van der Waals surface area (Å²) in [6.45, 7) is 1.95. The molecule has 0 aliphatic carbocycles. The largest absolute Gasteiger partial charge is 0.490 e. The van der Waals surface area contributed by atoms with E-state index in [4.69, 9.17) is 4.74 Å². The van der Waals surface area contributed by atoms with E-state index in [0.717, 1.165) is 16.1 Å². The van der Waals surface area contributed by atoms with Crippen LogP contribution in [0.5, 0.6) is 5.75 Å². The summed E-state index contributed by atoms with van der Waals surface area (Å²) in [5.41, 5.74) is 0.907. The summed E-state index contributed by atoms with van der Waals surface area (Å²) >= 11 is 0. The van der Waals surface area contributed by atoms with Gasteiger partial charge < -0.3 is 15.2 Å². The molecule has 0 saturated heterocycles. The summed E-state index contributed by atoms with van der Waals surface area (Å²) in [6.07, 6.45) is -0.233. The van der Waals surface area contributed by atoms with Crippen LogP contribution in [0, 0.1) is 6.92 Å². The summed E-state index contributed by atoms with van der Waals surface area (Å²) in [6, 6.07) is 7.28. The van der Waals surface area contributed by atoms with Gasteiger partial charge in [0.1, 0.15) is 12.4 Å². The smallest absolute Gasteiger partial charge is 0.252 e. The van der Waals surface area contributed by atoms with E-state index in [0.29, 0.717) is 5.75 Å². The van der Waals surface area contributed by atoms with Gasteiger partial charge in [-0.25, -0.2) is 12.7 Å². The number of hydrogen-bond acceptors (Lipinski definition) is 5. The van der Waals surface area contributed by atoms with Crippen molar-refractivity contribution < 1.29 is 23.1 Å². The minimum Gasteiger partial charge on any atom is -0.490 e. The second-order valence-corrected chi connectivity index (χ2v) is 7.06. The molecule has 0 aliphatic rings. The number of benzene rings is 1. The lowest BCUT2D eigenvalue weighted by molar-refractivity contribution is -0.130. The summed E-state index contributed by atoms with van der Waals surface area (Å²) in [5, 5.41) is 12.2. The van der Waals surface area contributed by atoms with Crippen molar-refractivity contribution in [1.29, 1.82) is 0 Å². The first-order chi connectivity index (χ1) is 10.2. The molecule has 0 aliphatic heterocycles. The number of likely N-dealkylation sites (N-methyl/N-ethyl adjacent to an activating group) is 1. The molecule has 8 heteroatoms. The zero-order chi connectivity index (χ0) is 16.8. The molecule has 0 unspecified atom stereocenters. The number of carbonyl (C=O) groups is 1. The Kier molecular flexibility index (Phi) is 6.79. The second kappa shape index (κ2) is 8.11. The number of nitrogens with zero attached hydrogens (tertiary/aromatic N) is 1. The number of para-hydroxylation sites is 1. The molecule has 0 heterocycles. The first kappa shape index (κ1) is 18.4. The van der Waals surface area contributed by atoms with E-state index in [-0.39, 0.29) is 19.7 Å². The molecule has 1 rings (SSSR count). The SMILES string of the molecule is Cc1ccccc1OC[C@H](O)C(=O)NCCN(C)S(C)(=O)=O. The zero-order valence-electron chi connectivity index (χ0n) is 12.9. The Morgan fingerprint density at radius 2 is 2.05 bits per heavy atom. The quantitative estimate of drug-likeness (QED) is 0.685. The first-order valence-electron chi connectivity index (χ1n) is 6.77. The standard InChI is InChI=1S/C14H22N2O5S/c1-11-6-4-5-7-13(11)21-10-12(17)14(18)15-8-9-16(2)22(3,19)20/h4-7,12,17H,8-10H2,1-3H3,(H,15,18)/t12-/m0/s1. The molecule has 0 aromatic heterocycles. The number of carbonyl (C=O) groups excluding carboxylic acids is 1. The number of aliphatic hydroxyl groups excluding tert-OH is 1. The summed E-state index contributed by atoms with van der Waals surface area (Å²) in [7, 11) is -1.86. The van der Waals surface area contributed by atoms with E-state index >= 15 is 0 Å². The predicted octanol–water partition coefficient (Wildman–Crippen LogP) is -0.258. The van der Waals surface area contributed by atoms with E-state index in [9.17, 15) is 18.3 Å². The van der Waals surface area contributed by atoms with Crippen molar-refractivity contribution in [1.82, 2.24) is 9.62 Å². The topological polar surface area (TPSA) is 95.9 Å². The van der Waals surface area contributed by atoms with Crippen LogP contribution in [0.15, 0.2) is 24.3 Å². The molecule has 2 N–H and O–H groups in total. The van der Waals surface area contributed by atoms with E-state index in [1.807, 2.05) is 19.1 Å². The van der Waals surface area contributed by atoms with Crippen molar-refractivity contribution in [3.05, 3.63) is 29.8 Å². The number of aryl methyl sites for hydroxylation is 1. The number of aliphatic hydroxyl groups is 1. The Hall–Kier alpha value is -1.64. The van der Waals surface area contributed by atoms with Gasteiger partial charge in [0.15, 0.2) is 6.10 Å². The molecule has 7 nitrogen and oxygen atoms in total. The van der Waals surface area contributed by atoms with Gasteiger partial charge in [-0.05, 0) is 18.6 Å². The van der Waals surface area contributed by atoms with Crippen LogP contribution in [0.25, 0.3) is 0 Å². The molecule has 0 fully saturated rings. The lowest BCUT2D eigenvalue weighted by Gasteiger charge is -2.16. The molecule has 124 valence electrons. The van der Waals surface area contributed by atoms with Crippen LogP contribution in [-0.4, -0.2) is 62.8 Å². The highest BCUT2D eigenvalue weighted by Gasteiger charge is 2.17. The van der Waals surface area contributed by atoms with Crippen LogP contribution in [0.2, 0.25) is 0 Å². The average molecular weight is 330 g/mol. The van der Waals surface area contributed by atoms with Crippen molar-refractivity contribution in [2.75, 3.05) is 33.0 Å². The minimum atomic E-state index is -3.28. The number of amides is 1. The average Bonchev–Trinajstić information content (AvgIpc) is 2.44. The van der Waals surface area contributed by atoms with Crippen LogP contribution in [-0.2, 0) is 14.8 Å². The number of sulfonamides is 1. The Labute approximate surface area is 130 Å². The number of rotatable bonds is 8. The maximum absolute atomic E-state index is 11.7. The summed E-state index contributed by atoms with van der Waals surface area (Å²) < 4.78 is 28.9. The van der Waals surface area contributed by atoms with Crippen molar-refractivity contribution >= 4 is 15.9 Å². The van der Waals surface area contributed by atoms with Crippen molar-refractivity contribution in [2.24, 2.45) is 0 Å². The molecular weight excluding hydrogens is 308 g/mol. The van der Waals surface area contributed by atoms with E-state index in [1.165, 1.54) is 7.05 Å². The fourth-order valence-electron chi connectivity index (χ4n) is 1.58. The first-order valence-corrected chi connectivity index (χ1v) is 8.62. The minimum absolute atomic E-state index is 0.115. The van der Waals surface area contributed by atoms with Gasteiger partial charge in [-0.3, -0.25) is 4.79 Å². The van der Waals surface area contributed by atoms with Crippen molar-refractivity contribution in [3.63, 3.8) is 0 Å². The van der Waals surface area contributed by atoms with Gasteiger partial charge >= 0.3 is 0 Å². The van der Waals surface area contributed by atoms with Gasteiger partial charge in [0.2, 0.25) is 10.0 Å². The molecule has 0 saturated carbocycles. The van der Waals surface area contributed by atoms with Gasteiger partial charge in [0.25, 0.3) is 5.91 Å². The van der Waals surface area contributed by atoms with Crippen LogP contribution in [0.3, 0.4) is 0 Å². The molecule has 1 atom stereocenters. The van der Waals surface area contributed by atoms with Crippen LogP contribution in [0.4, 0.5) is 0 Å². The van der Waals surface area contributed by atoms with E-state index < -0.39 is 22.0 Å². The molecular formula is C14H22N2O5S. The van der Waals surface area contributed by atoms with Gasteiger partial charge in [-0.1, -0.05) is 18.2 Å². The summed E-state index contributed by atoms with van der Waals surface area (Å²) in [4.78, 5) is 11.7. The Morgan fingerprint density at radius 3 is 2.64 bits per heavy atom. The molecule has 0 spiro atoms. The number of hydrogen-bond donors (Lipinski definition) is 2. The molecule has 0 radical (unpaired) electrons. The van der Waals surface area contributed by atoms with E-state index in [1.54, 1.807) is 12.1 Å². The molecule has 1 amide bonds. The maximum atomic E-state index is 11.7. The van der Waals surface area contributed by atoms with Gasteiger partial charge in [-0.2, -0.15) is 0 Å². The normalized spacial score (nSPS) is 13.0. The lowest BCUT2D eigenvalue weighted by Crippen LogP contribution is -2.42. The third kappa shape index (κ3) is 6.00. The fraction of sp³-hybridized carbons (Fsp3) is 0.500. The van der Waals surface area contributed by atoms with Crippen molar-refractivity contribution in [3.8, 4) is 5.75 Å².